The summed E-state index contributed by atoms with van der Waals surface area (Å²) in [6, 6.07) is 10.8. The van der Waals surface area contributed by atoms with Crippen molar-refractivity contribution in [2.45, 2.75) is 38.6 Å². The van der Waals surface area contributed by atoms with E-state index in [-0.39, 0.29) is 23.6 Å². The average molecular weight is 437 g/mol. The highest BCUT2D eigenvalue weighted by molar-refractivity contribution is 6.02. The summed E-state index contributed by atoms with van der Waals surface area (Å²) in [7, 11) is 2.92. The molecule has 1 heterocycles. The number of esters is 1. The molecule has 4 rings (SSSR count). The van der Waals surface area contributed by atoms with E-state index in [0.717, 1.165) is 11.3 Å². The van der Waals surface area contributed by atoms with Crippen molar-refractivity contribution in [2.24, 2.45) is 5.92 Å². The molecule has 1 aromatic heterocycles. The van der Waals surface area contributed by atoms with Crippen LogP contribution in [0.1, 0.15) is 47.6 Å². The predicted molar refractivity (Wildman–Crippen MR) is 121 cm³/mol. The number of carbonyl (C=O) groups excluding carboxylic acids is 2. The Bertz CT molecular complexity index is 1220. The summed E-state index contributed by atoms with van der Waals surface area (Å²) < 4.78 is 11.9. The van der Waals surface area contributed by atoms with Gasteiger partial charge in [0, 0.05) is 23.7 Å². The summed E-state index contributed by atoms with van der Waals surface area (Å²) in [5, 5.41) is 2.99. The number of amides is 1. The van der Waals surface area contributed by atoms with E-state index in [0.29, 0.717) is 48.0 Å². The van der Waals surface area contributed by atoms with Crippen molar-refractivity contribution in [2.75, 3.05) is 19.5 Å². The number of aromatic nitrogens is 2. The smallest absolute Gasteiger partial charge is 0.340 e. The molecule has 0 atom stereocenters. The van der Waals surface area contributed by atoms with Crippen LogP contribution in [-0.4, -0.2) is 35.6 Å². The maximum absolute atomic E-state index is 12.8. The van der Waals surface area contributed by atoms with Crippen molar-refractivity contribution in [1.29, 1.82) is 0 Å². The van der Waals surface area contributed by atoms with Crippen LogP contribution in [0.3, 0.4) is 0 Å². The van der Waals surface area contributed by atoms with E-state index >= 15 is 0 Å². The molecule has 1 fully saturated rings. The third-order valence-corrected chi connectivity index (χ3v) is 6.27. The molecule has 0 bridgehead atoms. The summed E-state index contributed by atoms with van der Waals surface area (Å²) in [4.78, 5) is 40.4. The lowest BCUT2D eigenvalue weighted by atomic mass is 9.85. The second kappa shape index (κ2) is 8.90. The summed E-state index contributed by atoms with van der Waals surface area (Å²) >= 11 is 0. The van der Waals surface area contributed by atoms with Gasteiger partial charge in [0.1, 0.15) is 5.75 Å². The second-order valence-electron chi connectivity index (χ2n) is 8.17. The van der Waals surface area contributed by atoms with Gasteiger partial charge >= 0.3 is 11.7 Å². The quantitative estimate of drug-likeness (QED) is 0.591. The molecule has 8 nitrogen and oxygen atoms in total. The number of hydrogen-bond donors (Lipinski definition) is 2. The van der Waals surface area contributed by atoms with Crippen LogP contribution in [0, 0.1) is 12.8 Å². The summed E-state index contributed by atoms with van der Waals surface area (Å²) in [5.41, 5.74) is 2.96. The molecule has 3 aromatic rings. The Kier molecular flexibility index (Phi) is 6.03. The Balaban J connectivity index is 1.48. The van der Waals surface area contributed by atoms with E-state index in [4.69, 9.17) is 9.47 Å². The van der Waals surface area contributed by atoms with E-state index in [1.807, 2.05) is 31.2 Å². The lowest BCUT2D eigenvalue weighted by Crippen LogP contribution is -2.31. The van der Waals surface area contributed by atoms with Crippen LogP contribution in [0.2, 0.25) is 0 Å². The second-order valence-corrected chi connectivity index (χ2v) is 8.17. The van der Waals surface area contributed by atoms with Crippen molar-refractivity contribution in [3.63, 3.8) is 0 Å². The number of rotatable bonds is 5. The van der Waals surface area contributed by atoms with Gasteiger partial charge in [-0.15, -0.1) is 0 Å². The highest BCUT2D eigenvalue weighted by Gasteiger charge is 2.29. The van der Waals surface area contributed by atoms with Crippen molar-refractivity contribution in [3.05, 3.63) is 58.0 Å². The number of methoxy groups -OCH3 is 2. The van der Waals surface area contributed by atoms with Crippen molar-refractivity contribution in [1.82, 2.24) is 9.55 Å². The topological polar surface area (TPSA) is 102 Å². The maximum atomic E-state index is 12.8. The van der Waals surface area contributed by atoms with Crippen LogP contribution in [0.25, 0.3) is 11.0 Å². The number of carbonyl (C=O) groups is 2. The van der Waals surface area contributed by atoms with E-state index in [1.165, 1.54) is 7.11 Å². The Hall–Kier alpha value is -3.55. The number of imidazole rings is 1. The first-order valence-corrected chi connectivity index (χ1v) is 10.7. The molecule has 0 spiro atoms. The molecular formula is C24H27N3O5. The standard InChI is InChI=1S/C24H27N3O5/c1-14-7-10-16(13-20(14)31-2)25-22(28)15-8-11-17(12-9-15)27-19-6-4-5-18(23(29)32-3)21(19)26-24(27)30/h4-7,10,13,15,17H,8-9,11-12H2,1-3H3,(H,25,28)(H,26,30)/t15-,17+. The number of aromatic amines is 1. The molecule has 1 saturated carbocycles. The van der Waals surface area contributed by atoms with E-state index < -0.39 is 5.97 Å². The zero-order valence-corrected chi connectivity index (χ0v) is 18.4. The molecule has 0 radical (unpaired) electrons. The number of fused-ring (bicyclic) bond motifs is 1. The summed E-state index contributed by atoms with van der Waals surface area (Å²) in [6.45, 7) is 1.95. The normalized spacial score (nSPS) is 18.3. The number of H-pyrrole nitrogens is 1. The number of ether oxygens (including phenoxy) is 2. The van der Waals surface area contributed by atoms with Crippen LogP contribution in [0.4, 0.5) is 5.69 Å². The van der Waals surface area contributed by atoms with Crippen LogP contribution in [-0.2, 0) is 9.53 Å². The average Bonchev–Trinajstić information content (AvgIpc) is 3.15. The van der Waals surface area contributed by atoms with Crippen molar-refractivity contribution >= 4 is 28.6 Å². The van der Waals surface area contributed by atoms with Gasteiger partial charge in [0.25, 0.3) is 0 Å². The molecule has 0 saturated heterocycles. The third-order valence-electron chi connectivity index (χ3n) is 6.27. The fraction of sp³-hybridized carbons (Fsp3) is 0.375. The van der Waals surface area contributed by atoms with Crippen LogP contribution in [0.5, 0.6) is 5.75 Å². The Morgan fingerprint density at radius 3 is 2.53 bits per heavy atom. The van der Waals surface area contributed by atoms with Gasteiger partial charge in [-0.3, -0.25) is 9.36 Å². The van der Waals surface area contributed by atoms with Gasteiger partial charge in [0.2, 0.25) is 5.91 Å². The molecule has 1 aliphatic carbocycles. The molecule has 168 valence electrons. The fourth-order valence-corrected chi connectivity index (χ4v) is 4.53. The minimum absolute atomic E-state index is 0.0198. The van der Waals surface area contributed by atoms with E-state index in [2.05, 4.69) is 10.3 Å². The minimum atomic E-state index is -0.489. The van der Waals surface area contributed by atoms with Crippen LogP contribution >= 0.6 is 0 Å². The highest BCUT2D eigenvalue weighted by atomic mass is 16.5. The number of nitrogens with one attached hydrogen (secondary N) is 2. The van der Waals surface area contributed by atoms with Gasteiger partial charge in [-0.05, 0) is 56.4 Å². The number of anilines is 1. The lowest BCUT2D eigenvalue weighted by molar-refractivity contribution is -0.121. The molecule has 1 aliphatic rings. The van der Waals surface area contributed by atoms with Gasteiger partial charge in [-0.2, -0.15) is 0 Å². The minimum Gasteiger partial charge on any atom is -0.496 e. The van der Waals surface area contributed by atoms with Gasteiger partial charge in [0.15, 0.2) is 0 Å². The zero-order valence-electron chi connectivity index (χ0n) is 18.4. The van der Waals surface area contributed by atoms with Crippen LogP contribution in [0.15, 0.2) is 41.2 Å². The monoisotopic (exact) mass is 437 g/mol. The van der Waals surface area contributed by atoms with Gasteiger partial charge in [-0.1, -0.05) is 12.1 Å². The molecule has 2 aromatic carbocycles. The molecule has 8 heteroatoms. The predicted octanol–water partition coefficient (Wildman–Crippen LogP) is 3.80. The Labute approximate surface area is 185 Å². The first-order valence-electron chi connectivity index (χ1n) is 10.7. The SMILES string of the molecule is COC(=O)c1cccc2c1[nH]c(=O)n2[C@H]1CC[C@@H](C(=O)Nc2ccc(C)c(OC)c2)CC1. The zero-order chi connectivity index (χ0) is 22.8. The lowest BCUT2D eigenvalue weighted by Gasteiger charge is -2.28. The first-order chi connectivity index (χ1) is 15.4. The number of hydrogen-bond acceptors (Lipinski definition) is 5. The fourth-order valence-electron chi connectivity index (χ4n) is 4.53. The number of para-hydroxylation sites is 1. The molecule has 32 heavy (non-hydrogen) atoms. The first kappa shape index (κ1) is 21.7. The van der Waals surface area contributed by atoms with Crippen molar-refractivity contribution < 1.29 is 19.1 Å². The Morgan fingerprint density at radius 2 is 1.84 bits per heavy atom. The molecule has 0 aliphatic heterocycles. The molecule has 1 amide bonds. The Morgan fingerprint density at radius 1 is 1.09 bits per heavy atom. The molecule has 0 unspecified atom stereocenters. The third kappa shape index (κ3) is 4.00. The van der Waals surface area contributed by atoms with E-state index in [9.17, 15) is 14.4 Å². The van der Waals surface area contributed by atoms with E-state index in [1.54, 1.807) is 23.8 Å². The summed E-state index contributed by atoms with van der Waals surface area (Å²) in [5.74, 6) is 0.104. The van der Waals surface area contributed by atoms with Gasteiger partial charge in [0.05, 0.1) is 30.8 Å². The number of aryl methyl sites for hydroxylation is 1. The highest BCUT2D eigenvalue weighted by Crippen LogP contribution is 2.34. The molecular weight excluding hydrogens is 410 g/mol. The van der Waals surface area contributed by atoms with Gasteiger partial charge < -0.3 is 19.8 Å². The maximum Gasteiger partial charge on any atom is 0.340 e. The van der Waals surface area contributed by atoms with Crippen LogP contribution < -0.4 is 15.7 Å². The number of nitrogens with zero attached hydrogens (tertiary/aromatic N) is 1. The molecule has 2 N–H and O–H groups in total. The van der Waals surface area contributed by atoms with Gasteiger partial charge in [-0.25, -0.2) is 9.59 Å². The van der Waals surface area contributed by atoms with Crippen molar-refractivity contribution in [3.8, 4) is 5.75 Å². The number of benzene rings is 2. The largest absolute Gasteiger partial charge is 0.496 e. The summed E-state index contributed by atoms with van der Waals surface area (Å²) in [6.07, 6.45) is 2.75.